The first-order valence-corrected chi connectivity index (χ1v) is 10.1. The summed E-state index contributed by atoms with van der Waals surface area (Å²) < 4.78 is 16.7. The van der Waals surface area contributed by atoms with Gasteiger partial charge >= 0.3 is 12.1 Å². The molecule has 3 amide bonds. The summed E-state index contributed by atoms with van der Waals surface area (Å²) in [5.74, 6) is 1.42. The van der Waals surface area contributed by atoms with E-state index in [1.165, 1.54) is 0 Å². The van der Waals surface area contributed by atoms with Crippen LogP contribution in [0.15, 0.2) is 18.2 Å². The van der Waals surface area contributed by atoms with Gasteiger partial charge in [0.2, 0.25) is 0 Å². The fourth-order valence-corrected chi connectivity index (χ4v) is 3.57. The standard InChI is InChI=1S/C21H31N3O5/c1-21(2,3)29-20(26)23(4)13-15-7-6-10-24(14-15)19(25)22-16-8-5-9-17-18(16)28-12-11-27-17/h5,8-9,15H,6-7,10-14H2,1-4H3,(H,22,25). The molecule has 2 heterocycles. The molecular formula is C21H31N3O5. The fraction of sp³-hybridized carbons (Fsp3) is 0.619. The number of nitrogens with one attached hydrogen (secondary N) is 1. The van der Waals surface area contributed by atoms with Gasteiger partial charge < -0.3 is 29.3 Å². The van der Waals surface area contributed by atoms with Crippen LogP contribution in [0, 0.1) is 5.92 Å². The number of likely N-dealkylation sites (tertiary alicyclic amines) is 1. The number of carbonyl (C=O) groups excluding carboxylic acids is 2. The topological polar surface area (TPSA) is 80.3 Å². The summed E-state index contributed by atoms with van der Waals surface area (Å²) in [7, 11) is 1.74. The number of fused-ring (bicyclic) bond motifs is 1. The molecule has 2 aliphatic rings. The summed E-state index contributed by atoms with van der Waals surface area (Å²) in [6, 6.07) is 5.30. The molecule has 1 aromatic carbocycles. The number of ether oxygens (including phenoxy) is 3. The molecule has 160 valence electrons. The van der Waals surface area contributed by atoms with Crippen molar-refractivity contribution in [2.24, 2.45) is 5.92 Å². The quantitative estimate of drug-likeness (QED) is 0.832. The lowest BCUT2D eigenvalue weighted by atomic mass is 9.98. The summed E-state index contributed by atoms with van der Waals surface area (Å²) in [6.45, 7) is 8.34. The van der Waals surface area contributed by atoms with E-state index in [9.17, 15) is 9.59 Å². The average Bonchev–Trinajstić information content (AvgIpc) is 2.67. The second kappa shape index (κ2) is 8.80. The monoisotopic (exact) mass is 405 g/mol. The Balaban J connectivity index is 1.57. The van der Waals surface area contributed by atoms with E-state index in [4.69, 9.17) is 14.2 Å². The number of nitrogens with zero attached hydrogens (tertiary/aromatic N) is 2. The van der Waals surface area contributed by atoms with Gasteiger partial charge in [-0.15, -0.1) is 0 Å². The number of carbonyl (C=O) groups is 2. The van der Waals surface area contributed by atoms with Crippen LogP contribution in [-0.4, -0.2) is 67.4 Å². The highest BCUT2D eigenvalue weighted by Crippen LogP contribution is 2.37. The van der Waals surface area contributed by atoms with Crippen molar-refractivity contribution in [3.8, 4) is 11.5 Å². The van der Waals surface area contributed by atoms with Gasteiger partial charge in [-0.1, -0.05) is 6.07 Å². The van der Waals surface area contributed by atoms with Gasteiger partial charge in [0, 0.05) is 26.7 Å². The molecule has 8 heteroatoms. The van der Waals surface area contributed by atoms with Gasteiger partial charge in [0.25, 0.3) is 0 Å². The van der Waals surface area contributed by atoms with Gasteiger partial charge in [-0.25, -0.2) is 9.59 Å². The molecule has 1 aromatic rings. The molecule has 1 N–H and O–H groups in total. The zero-order valence-electron chi connectivity index (χ0n) is 17.7. The van der Waals surface area contributed by atoms with Gasteiger partial charge in [0.05, 0.1) is 5.69 Å². The largest absolute Gasteiger partial charge is 0.486 e. The van der Waals surface area contributed by atoms with Crippen molar-refractivity contribution in [3.05, 3.63) is 18.2 Å². The molecule has 1 saturated heterocycles. The van der Waals surface area contributed by atoms with Crippen molar-refractivity contribution in [1.82, 2.24) is 9.80 Å². The maximum absolute atomic E-state index is 12.8. The molecule has 8 nitrogen and oxygen atoms in total. The lowest BCUT2D eigenvalue weighted by molar-refractivity contribution is 0.0253. The number of piperidine rings is 1. The third-order valence-electron chi connectivity index (χ3n) is 4.85. The SMILES string of the molecule is CN(CC1CCCN(C(=O)Nc2cccc3c2OCCO3)C1)C(=O)OC(C)(C)C. The first-order valence-electron chi connectivity index (χ1n) is 10.1. The van der Waals surface area contributed by atoms with Crippen LogP contribution in [0.4, 0.5) is 15.3 Å². The molecule has 2 aliphatic heterocycles. The Labute approximate surface area is 172 Å². The van der Waals surface area contributed by atoms with Gasteiger partial charge in [0.1, 0.15) is 18.8 Å². The summed E-state index contributed by atoms with van der Waals surface area (Å²) in [6.07, 6.45) is 1.52. The van der Waals surface area contributed by atoms with Crippen molar-refractivity contribution in [3.63, 3.8) is 0 Å². The van der Waals surface area contributed by atoms with Crippen LogP contribution < -0.4 is 14.8 Å². The number of urea groups is 1. The van der Waals surface area contributed by atoms with Gasteiger partial charge in [0.15, 0.2) is 11.5 Å². The van der Waals surface area contributed by atoms with E-state index in [2.05, 4.69) is 5.32 Å². The molecular weight excluding hydrogens is 374 g/mol. The predicted octanol–water partition coefficient (Wildman–Crippen LogP) is 3.57. The number of para-hydroxylation sites is 1. The maximum atomic E-state index is 12.8. The second-order valence-electron chi connectivity index (χ2n) is 8.58. The first kappa shape index (κ1) is 21.1. The van der Waals surface area contributed by atoms with E-state index in [0.29, 0.717) is 50.0 Å². The van der Waals surface area contributed by atoms with E-state index in [1.54, 1.807) is 16.8 Å². The average molecular weight is 405 g/mol. The summed E-state index contributed by atoms with van der Waals surface area (Å²) in [5.41, 5.74) is 0.0879. The maximum Gasteiger partial charge on any atom is 0.410 e. The molecule has 0 radical (unpaired) electrons. The van der Waals surface area contributed by atoms with Crippen molar-refractivity contribution in [2.45, 2.75) is 39.2 Å². The predicted molar refractivity (Wildman–Crippen MR) is 110 cm³/mol. The van der Waals surface area contributed by atoms with E-state index in [1.807, 2.05) is 39.0 Å². The summed E-state index contributed by atoms with van der Waals surface area (Å²) in [5, 5.41) is 2.94. The number of benzene rings is 1. The lowest BCUT2D eigenvalue weighted by Gasteiger charge is -2.35. The number of anilines is 1. The third kappa shape index (κ3) is 5.68. The Morgan fingerprint density at radius 2 is 2.03 bits per heavy atom. The second-order valence-corrected chi connectivity index (χ2v) is 8.58. The Morgan fingerprint density at radius 1 is 1.28 bits per heavy atom. The van der Waals surface area contributed by atoms with E-state index < -0.39 is 5.60 Å². The van der Waals surface area contributed by atoms with E-state index in [-0.39, 0.29) is 18.0 Å². The van der Waals surface area contributed by atoms with Crippen LogP contribution in [0.2, 0.25) is 0 Å². The van der Waals surface area contributed by atoms with Crippen molar-refractivity contribution in [2.75, 3.05) is 45.2 Å². The van der Waals surface area contributed by atoms with Crippen LogP contribution >= 0.6 is 0 Å². The van der Waals surface area contributed by atoms with E-state index >= 15 is 0 Å². The van der Waals surface area contributed by atoms with Crippen molar-refractivity contribution in [1.29, 1.82) is 0 Å². The summed E-state index contributed by atoms with van der Waals surface area (Å²) >= 11 is 0. The number of hydrogen-bond donors (Lipinski definition) is 1. The van der Waals surface area contributed by atoms with E-state index in [0.717, 1.165) is 12.8 Å². The number of rotatable bonds is 3. The molecule has 0 aliphatic carbocycles. The molecule has 0 bridgehead atoms. The molecule has 29 heavy (non-hydrogen) atoms. The number of hydrogen-bond acceptors (Lipinski definition) is 5. The van der Waals surface area contributed by atoms with Crippen LogP contribution in [0.1, 0.15) is 33.6 Å². The molecule has 1 atom stereocenters. The smallest absolute Gasteiger partial charge is 0.410 e. The van der Waals surface area contributed by atoms with Crippen molar-refractivity contribution < 1.29 is 23.8 Å². The highest BCUT2D eigenvalue weighted by Gasteiger charge is 2.28. The van der Waals surface area contributed by atoms with Crippen LogP contribution in [0.5, 0.6) is 11.5 Å². The van der Waals surface area contributed by atoms with Crippen LogP contribution in [0.25, 0.3) is 0 Å². The summed E-state index contributed by atoms with van der Waals surface area (Å²) in [4.78, 5) is 28.4. The Morgan fingerprint density at radius 3 is 2.79 bits per heavy atom. The van der Waals surface area contributed by atoms with Gasteiger partial charge in [-0.2, -0.15) is 0 Å². The zero-order chi connectivity index (χ0) is 21.0. The Bertz CT molecular complexity index is 746. The molecule has 0 spiro atoms. The molecule has 1 fully saturated rings. The fourth-order valence-electron chi connectivity index (χ4n) is 3.57. The minimum absolute atomic E-state index is 0.169. The minimum Gasteiger partial charge on any atom is -0.486 e. The molecule has 0 saturated carbocycles. The van der Waals surface area contributed by atoms with Crippen LogP contribution in [0.3, 0.4) is 0 Å². The molecule has 3 rings (SSSR count). The molecule has 1 unspecified atom stereocenters. The Kier molecular flexibility index (Phi) is 6.39. The Hall–Kier alpha value is -2.64. The highest BCUT2D eigenvalue weighted by atomic mass is 16.6. The number of amides is 3. The third-order valence-corrected chi connectivity index (χ3v) is 4.85. The molecule has 0 aromatic heterocycles. The van der Waals surface area contributed by atoms with Gasteiger partial charge in [-0.3, -0.25) is 0 Å². The minimum atomic E-state index is -0.523. The zero-order valence-corrected chi connectivity index (χ0v) is 17.7. The normalized spacial score (nSPS) is 18.8. The van der Waals surface area contributed by atoms with Gasteiger partial charge in [-0.05, 0) is 51.7 Å². The highest BCUT2D eigenvalue weighted by molar-refractivity contribution is 5.91. The lowest BCUT2D eigenvalue weighted by Crippen LogP contribution is -2.46. The van der Waals surface area contributed by atoms with Crippen molar-refractivity contribution >= 4 is 17.8 Å². The first-order chi connectivity index (χ1) is 13.7. The van der Waals surface area contributed by atoms with Crippen LogP contribution in [-0.2, 0) is 4.74 Å².